The molecule has 2 heterocycles. The molecule has 2 aliphatic heterocycles. The minimum Gasteiger partial charge on any atom is -0.486 e. The molecule has 0 unspecified atom stereocenters. The van der Waals surface area contributed by atoms with Crippen molar-refractivity contribution in [1.29, 1.82) is 0 Å². The van der Waals surface area contributed by atoms with Gasteiger partial charge in [-0.15, -0.1) is 0 Å². The number of rotatable bonds is 2. The van der Waals surface area contributed by atoms with Gasteiger partial charge in [0.25, 0.3) is 5.91 Å². The first kappa shape index (κ1) is 16.7. The number of ether oxygens (including phenoxy) is 2. The van der Waals surface area contributed by atoms with Crippen LogP contribution < -0.4 is 9.47 Å². The second-order valence-electron chi connectivity index (χ2n) is 7.75. The summed E-state index contributed by atoms with van der Waals surface area (Å²) in [5.74, 6) is 1.75. The number of nitrogens with zero attached hydrogens (tertiary/aromatic N) is 1. The molecule has 1 fully saturated rings. The monoisotopic (exact) mass is 363 g/mol. The molecule has 4 heteroatoms. The normalized spacial score (nSPS) is 21.0. The SMILES string of the molecule is O=C(c1ccc2c(c1)CCCC2)N1CCC[C@H]1c1ccc2c(c1)OCCO2. The first-order valence-electron chi connectivity index (χ1n) is 10.1. The highest BCUT2D eigenvalue weighted by Crippen LogP contribution is 2.38. The first-order chi connectivity index (χ1) is 13.3. The summed E-state index contributed by atoms with van der Waals surface area (Å²) < 4.78 is 11.4. The lowest BCUT2D eigenvalue weighted by atomic mass is 9.90. The first-order valence-corrected chi connectivity index (χ1v) is 10.1. The summed E-state index contributed by atoms with van der Waals surface area (Å²) in [6, 6.07) is 12.5. The van der Waals surface area contributed by atoms with Crippen molar-refractivity contribution in [3.8, 4) is 11.5 Å². The maximum Gasteiger partial charge on any atom is 0.254 e. The number of amides is 1. The summed E-state index contributed by atoms with van der Waals surface area (Å²) in [7, 11) is 0. The summed E-state index contributed by atoms with van der Waals surface area (Å²) >= 11 is 0. The highest BCUT2D eigenvalue weighted by atomic mass is 16.6. The molecule has 1 atom stereocenters. The van der Waals surface area contributed by atoms with E-state index in [4.69, 9.17) is 9.47 Å². The number of likely N-dealkylation sites (tertiary alicyclic amines) is 1. The van der Waals surface area contributed by atoms with E-state index in [0.717, 1.165) is 54.9 Å². The minimum absolute atomic E-state index is 0.115. The van der Waals surface area contributed by atoms with Crippen LogP contribution >= 0.6 is 0 Å². The number of benzene rings is 2. The molecule has 1 aliphatic carbocycles. The Bertz CT molecular complexity index is 876. The smallest absolute Gasteiger partial charge is 0.254 e. The number of carbonyl (C=O) groups is 1. The van der Waals surface area contributed by atoms with Gasteiger partial charge in [-0.3, -0.25) is 4.79 Å². The van der Waals surface area contributed by atoms with Crippen LogP contribution in [0.5, 0.6) is 11.5 Å². The topological polar surface area (TPSA) is 38.8 Å². The number of aryl methyl sites for hydroxylation is 2. The van der Waals surface area contributed by atoms with Crippen LogP contribution in [0, 0.1) is 0 Å². The molecule has 140 valence electrons. The molecule has 0 saturated carbocycles. The van der Waals surface area contributed by atoms with E-state index in [-0.39, 0.29) is 11.9 Å². The third kappa shape index (κ3) is 3.07. The zero-order chi connectivity index (χ0) is 18.2. The van der Waals surface area contributed by atoms with Crippen LogP contribution in [0.3, 0.4) is 0 Å². The van der Waals surface area contributed by atoms with Crippen LogP contribution in [0.25, 0.3) is 0 Å². The van der Waals surface area contributed by atoms with E-state index in [9.17, 15) is 4.79 Å². The van der Waals surface area contributed by atoms with E-state index in [1.54, 1.807) is 0 Å². The molecule has 2 aromatic rings. The Morgan fingerprint density at radius 3 is 2.59 bits per heavy atom. The summed E-state index contributed by atoms with van der Waals surface area (Å²) in [5, 5.41) is 0. The molecular formula is C23H25NO3. The molecule has 0 radical (unpaired) electrons. The van der Waals surface area contributed by atoms with E-state index in [2.05, 4.69) is 24.3 Å². The highest BCUT2D eigenvalue weighted by molar-refractivity contribution is 5.95. The third-order valence-electron chi connectivity index (χ3n) is 6.06. The number of hydrogen-bond donors (Lipinski definition) is 0. The Morgan fingerprint density at radius 2 is 1.70 bits per heavy atom. The molecular weight excluding hydrogens is 338 g/mol. The highest BCUT2D eigenvalue weighted by Gasteiger charge is 2.31. The Balaban J connectivity index is 1.41. The lowest BCUT2D eigenvalue weighted by molar-refractivity contribution is 0.0735. The predicted octanol–water partition coefficient (Wildman–Crippen LogP) is 4.31. The fourth-order valence-corrected chi connectivity index (χ4v) is 4.66. The number of hydrogen-bond acceptors (Lipinski definition) is 3. The van der Waals surface area contributed by atoms with Gasteiger partial charge in [0, 0.05) is 12.1 Å². The van der Waals surface area contributed by atoms with E-state index >= 15 is 0 Å². The standard InChI is InChI=1S/C23H25NO3/c25-23(19-8-7-16-4-1-2-5-17(16)14-19)24-11-3-6-20(24)18-9-10-21-22(15-18)27-13-12-26-21/h7-10,14-15,20H,1-6,11-13H2/t20-/m0/s1. The maximum atomic E-state index is 13.3. The Hall–Kier alpha value is -2.49. The number of carbonyl (C=O) groups excluding carboxylic acids is 1. The van der Waals surface area contributed by atoms with Gasteiger partial charge in [-0.2, -0.15) is 0 Å². The van der Waals surface area contributed by atoms with Gasteiger partial charge in [-0.05, 0) is 79.5 Å². The van der Waals surface area contributed by atoms with Gasteiger partial charge in [0.2, 0.25) is 0 Å². The molecule has 3 aliphatic rings. The average molecular weight is 363 g/mol. The molecule has 1 saturated heterocycles. The molecule has 0 spiro atoms. The zero-order valence-corrected chi connectivity index (χ0v) is 15.6. The Labute approximate surface area is 160 Å². The quantitative estimate of drug-likeness (QED) is 0.798. The molecule has 0 N–H and O–H groups in total. The fourth-order valence-electron chi connectivity index (χ4n) is 4.66. The molecule has 0 aromatic heterocycles. The van der Waals surface area contributed by atoms with Crippen molar-refractivity contribution in [2.45, 2.75) is 44.6 Å². The van der Waals surface area contributed by atoms with Crippen molar-refractivity contribution in [3.05, 3.63) is 58.7 Å². The molecule has 2 aromatic carbocycles. The van der Waals surface area contributed by atoms with Gasteiger partial charge in [0.1, 0.15) is 13.2 Å². The minimum atomic E-state index is 0.115. The Morgan fingerprint density at radius 1 is 0.889 bits per heavy atom. The summed E-state index contributed by atoms with van der Waals surface area (Å²) in [6.07, 6.45) is 6.77. The van der Waals surface area contributed by atoms with Crippen LogP contribution in [0.1, 0.15) is 58.8 Å². The summed E-state index contributed by atoms with van der Waals surface area (Å²) in [6.45, 7) is 1.99. The Kier molecular flexibility index (Phi) is 4.27. The van der Waals surface area contributed by atoms with Crippen molar-refractivity contribution in [1.82, 2.24) is 4.90 Å². The maximum absolute atomic E-state index is 13.3. The van der Waals surface area contributed by atoms with Crippen LogP contribution in [0.4, 0.5) is 0 Å². The average Bonchev–Trinajstić information content (AvgIpc) is 3.22. The molecule has 4 nitrogen and oxygen atoms in total. The zero-order valence-electron chi connectivity index (χ0n) is 15.6. The molecule has 27 heavy (non-hydrogen) atoms. The van der Waals surface area contributed by atoms with E-state index in [0.29, 0.717) is 13.2 Å². The molecule has 5 rings (SSSR count). The van der Waals surface area contributed by atoms with Crippen LogP contribution in [0.2, 0.25) is 0 Å². The lowest BCUT2D eigenvalue weighted by Gasteiger charge is -2.27. The van der Waals surface area contributed by atoms with Gasteiger partial charge in [0.15, 0.2) is 11.5 Å². The predicted molar refractivity (Wildman–Crippen MR) is 104 cm³/mol. The van der Waals surface area contributed by atoms with E-state index < -0.39 is 0 Å². The summed E-state index contributed by atoms with van der Waals surface area (Å²) in [5.41, 5.74) is 4.76. The van der Waals surface area contributed by atoms with E-state index in [1.165, 1.54) is 24.0 Å². The third-order valence-corrected chi connectivity index (χ3v) is 6.06. The van der Waals surface area contributed by atoms with Gasteiger partial charge < -0.3 is 14.4 Å². The molecule has 1 amide bonds. The fraction of sp³-hybridized carbons (Fsp3) is 0.435. The largest absolute Gasteiger partial charge is 0.486 e. The van der Waals surface area contributed by atoms with Crippen molar-refractivity contribution < 1.29 is 14.3 Å². The van der Waals surface area contributed by atoms with Crippen LogP contribution in [-0.2, 0) is 12.8 Å². The second kappa shape index (κ2) is 6.91. The van der Waals surface area contributed by atoms with Crippen molar-refractivity contribution >= 4 is 5.91 Å². The van der Waals surface area contributed by atoms with E-state index in [1.807, 2.05) is 17.0 Å². The second-order valence-corrected chi connectivity index (χ2v) is 7.75. The van der Waals surface area contributed by atoms with Crippen LogP contribution in [0.15, 0.2) is 36.4 Å². The van der Waals surface area contributed by atoms with Crippen molar-refractivity contribution in [3.63, 3.8) is 0 Å². The van der Waals surface area contributed by atoms with Crippen molar-refractivity contribution in [2.24, 2.45) is 0 Å². The van der Waals surface area contributed by atoms with Crippen molar-refractivity contribution in [2.75, 3.05) is 19.8 Å². The number of fused-ring (bicyclic) bond motifs is 2. The van der Waals surface area contributed by atoms with Gasteiger partial charge in [0.05, 0.1) is 6.04 Å². The lowest BCUT2D eigenvalue weighted by Crippen LogP contribution is -2.31. The van der Waals surface area contributed by atoms with Gasteiger partial charge >= 0.3 is 0 Å². The van der Waals surface area contributed by atoms with Crippen LogP contribution in [-0.4, -0.2) is 30.6 Å². The van der Waals surface area contributed by atoms with Gasteiger partial charge in [-0.1, -0.05) is 12.1 Å². The summed E-state index contributed by atoms with van der Waals surface area (Å²) in [4.78, 5) is 15.3. The van der Waals surface area contributed by atoms with Gasteiger partial charge in [-0.25, -0.2) is 0 Å². The molecule has 0 bridgehead atoms.